The van der Waals surface area contributed by atoms with Crippen LogP contribution in [0, 0.1) is 6.92 Å². The smallest absolute Gasteiger partial charge is 0.193 e. The fourth-order valence-electron chi connectivity index (χ4n) is 3.55. The Labute approximate surface area is 171 Å². The molecule has 142 valence electrons. The van der Waals surface area contributed by atoms with Gasteiger partial charge in [-0.2, -0.15) is 0 Å². The molecular weight excluding hydrogens is 356 g/mol. The topological polar surface area (TPSA) is 26.3 Å². The van der Waals surface area contributed by atoms with E-state index in [0.29, 0.717) is 11.1 Å². The van der Waals surface area contributed by atoms with Crippen LogP contribution in [0.1, 0.15) is 21.5 Å². The third kappa shape index (κ3) is 3.83. The zero-order valence-electron chi connectivity index (χ0n) is 16.6. The van der Waals surface area contributed by atoms with E-state index < -0.39 is 0 Å². The van der Waals surface area contributed by atoms with E-state index in [1.807, 2.05) is 84.9 Å². The van der Waals surface area contributed by atoms with Crippen molar-refractivity contribution in [2.45, 2.75) is 6.92 Å². The molecule has 0 saturated carbocycles. The number of carbonyl (C=O) groups excluding carboxylic acids is 1. The second-order valence-electron chi connectivity index (χ2n) is 7.01. The van der Waals surface area contributed by atoms with E-state index >= 15 is 0 Å². The van der Waals surface area contributed by atoms with Gasteiger partial charge in [-0.1, -0.05) is 72.8 Å². The first-order valence-corrected chi connectivity index (χ1v) is 9.61. The first-order valence-electron chi connectivity index (χ1n) is 9.61. The van der Waals surface area contributed by atoms with Gasteiger partial charge in [0, 0.05) is 16.7 Å². The number of hydrogen-bond donors (Lipinski definition) is 0. The Bertz CT molecular complexity index is 1150. The van der Waals surface area contributed by atoms with Crippen LogP contribution in [0.15, 0.2) is 97.1 Å². The lowest BCUT2D eigenvalue weighted by molar-refractivity contribution is 0.103. The highest BCUT2D eigenvalue weighted by atomic mass is 16.5. The molecular formula is C27H22O2. The molecule has 2 nitrogen and oxygen atoms in total. The Balaban J connectivity index is 1.76. The summed E-state index contributed by atoms with van der Waals surface area (Å²) in [6, 6.07) is 31.6. The third-order valence-electron chi connectivity index (χ3n) is 5.13. The molecule has 0 radical (unpaired) electrons. The molecule has 0 heterocycles. The van der Waals surface area contributed by atoms with Gasteiger partial charge in [-0.25, -0.2) is 0 Å². The van der Waals surface area contributed by atoms with E-state index in [2.05, 4.69) is 19.1 Å². The Hall–Kier alpha value is -3.65. The van der Waals surface area contributed by atoms with Crippen LogP contribution in [0.3, 0.4) is 0 Å². The molecule has 0 bridgehead atoms. The van der Waals surface area contributed by atoms with Crippen LogP contribution in [0.5, 0.6) is 5.75 Å². The molecule has 29 heavy (non-hydrogen) atoms. The van der Waals surface area contributed by atoms with Gasteiger partial charge in [-0.05, 0) is 53.4 Å². The highest BCUT2D eigenvalue weighted by molar-refractivity contribution is 6.10. The Morgan fingerprint density at radius 3 is 1.76 bits per heavy atom. The monoisotopic (exact) mass is 378 g/mol. The molecule has 0 aliphatic heterocycles. The lowest BCUT2D eigenvalue weighted by atomic mass is 9.93. The van der Waals surface area contributed by atoms with Crippen LogP contribution in [-0.2, 0) is 0 Å². The maximum Gasteiger partial charge on any atom is 0.193 e. The molecule has 0 atom stereocenters. The number of ether oxygens (including phenoxy) is 1. The minimum atomic E-state index is 0.00187. The zero-order valence-corrected chi connectivity index (χ0v) is 16.6. The molecule has 0 spiro atoms. The van der Waals surface area contributed by atoms with Crippen molar-refractivity contribution >= 4 is 5.78 Å². The van der Waals surface area contributed by atoms with Crippen molar-refractivity contribution in [3.8, 4) is 28.0 Å². The second kappa shape index (κ2) is 8.15. The first kappa shape index (κ1) is 18.7. The second-order valence-corrected chi connectivity index (χ2v) is 7.01. The van der Waals surface area contributed by atoms with Crippen molar-refractivity contribution in [2.75, 3.05) is 7.11 Å². The Kier molecular flexibility index (Phi) is 5.26. The van der Waals surface area contributed by atoms with E-state index in [4.69, 9.17) is 4.74 Å². The lowest BCUT2D eigenvalue weighted by Crippen LogP contribution is -2.03. The summed E-state index contributed by atoms with van der Waals surface area (Å²) in [5.74, 6) is 0.753. The SMILES string of the molecule is COc1ccc(C(=O)c2ccc(C)c(-c3ccccc3)c2)cc1-c1ccccc1. The number of ketones is 1. The highest BCUT2D eigenvalue weighted by Gasteiger charge is 2.15. The molecule has 4 aromatic carbocycles. The number of aryl methyl sites for hydroxylation is 1. The first-order chi connectivity index (χ1) is 14.2. The van der Waals surface area contributed by atoms with Gasteiger partial charge in [0.25, 0.3) is 0 Å². The minimum Gasteiger partial charge on any atom is -0.496 e. The van der Waals surface area contributed by atoms with Crippen LogP contribution < -0.4 is 4.74 Å². The van der Waals surface area contributed by atoms with E-state index in [1.165, 1.54) is 0 Å². The van der Waals surface area contributed by atoms with Gasteiger partial charge in [0.15, 0.2) is 5.78 Å². The van der Waals surface area contributed by atoms with E-state index in [9.17, 15) is 4.79 Å². The molecule has 4 aromatic rings. The molecule has 0 amide bonds. The van der Waals surface area contributed by atoms with Gasteiger partial charge in [0.05, 0.1) is 7.11 Å². The lowest BCUT2D eigenvalue weighted by Gasteiger charge is -2.12. The molecule has 0 fully saturated rings. The zero-order chi connectivity index (χ0) is 20.2. The largest absolute Gasteiger partial charge is 0.496 e. The normalized spacial score (nSPS) is 10.6. The molecule has 0 aromatic heterocycles. The molecule has 0 aliphatic rings. The van der Waals surface area contributed by atoms with Crippen LogP contribution in [0.25, 0.3) is 22.3 Å². The minimum absolute atomic E-state index is 0.00187. The number of rotatable bonds is 5. The summed E-state index contributed by atoms with van der Waals surface area (Å²) in [4.78, 5) is 13.3. The number of methoxy groups -OCH3 is 1. The van der Waals surface area contributed by atoms with Crippen LogP contribution in [0.2, 0.25) is 0 Å². The molecule has 0 unspecified atom stereocenters. The van der Waals surface area contributed by atoms with Gasteiger partial charge in [0.1, 0.15) is 5.75 Å². The number of benzene rings is 4. The standard InChI is InChI=1S/C27H22O2/c1-19-13-14-22(17-24(19)20-9-5-3-6-10-20)27(28)23-15-16-26(29-2)25(18-23)21-11-7-4-8-12-21/h3-18H,1-2H3. The van der Waals surface area contributed by atoms with Crippen molar-refractivity contribution in [3.05, 3.63) is 114 Å². The fourth-order valence-corrected chi connectivity index (χ4v) is 3.55. The van der Waals surface area contributed by atoms with Gasteiger partial charge < -0.3 is 4.74 Å². The van der Waals surface area contributed by atoms with Crippen molar-refractivity contribution in [2.24, 2.45) is 0 Å². The van der Waals surface area contributed by atoms with Crippen molar-refractivity contribution in [3.63, 3.8) is 0 Å². The summed E-state index contributed by atoms with van der Waals surface area (Å²) < 4.78 is 5.52. The summed E-state index contributed by atoms with van der Waals surface area (Å²) in [6.07, 6.45) is 0. The maximum absolute atomic E-state index is 13.3. The summed E-state index contributed by atoms with van der Waals surface area (Å²) in [5, 5.41) is 0. The average Bonchev–Trinajstić information content (AvgIpc) is 2.79. The fraction of sp³-hybridized carbons (Fsp3) is 0.0741. The Morgan fingerprint density at radius 2 is 1.17 bits per heavy atom. The van der Waals surface area contributed by atoms with Crippen molar-refractivity contribution < 1.29 is 9.53 Å². The highest BCUT2D eigenvalue weighted by Crippen LogP contribution is 2.32. The molecule has 0 saturated heterocycles. The molecule has 0 N–H and O–H groups in total. The maximum atomic E-state index is 13.3. The van der Waals surface area contributed by atoms with Crippen LogP contribution in [-0.4, -0.2) is 12.9 Å². The third-order valence-corrected chi connectivity index (χ3v) is 5.13. The number of carbonyl (C=O) groups is 1. The summed E-state index contributed by atoms with van der Waals surface area (Å²) in [5.41, 5.74) is 6.59. The summed E-state index contributed by atoms with van der Waals surface area (Å²) >= 11 is 0. The summed E-state index contributed by atoms with van der Waals surface area (Å²) in [6.45, 7) is 2.07. The molecule has 2 heteroatoms. The Morgan fingerprint density at radius 1 is 0.655 bits per heavy atom. The molecule has 4 rings (SSSR count). The van der Waals surface area contributed by atoms with Gasteiger partial charge >= 0.3 is 0 Å². The van der Waals surface area contributed by atoms with Gasteiger partial charge in [-0.3, -0.25) is 4.79 Å². The van der Waals surface area contributed by atoms with E-state index in [-0.39, 0.29) is 5.78 Å². The predicted molar refractivity (Wildman–Crippen MR) is 118 cm³/mol. The van der Waals surface area contributed by atoms with E-state index in [0.717, 1.165) is 33.6 Å². The summed E-state index contributed by atoms with van der Waals surface area (Å²) in [7, 11) is 1.65. The number of hydrogen-bond acceptors (Lipinski definition) is 2. The van der Waals surface area contributed by atoms with Crippen molar-refractivity contribution in [1.82, 2.24) is 0 Å². The van der Waals surface area contributed by atoms with Crippen molar-refractivity contribution in [1.29, 1.82) is 0 Å². The quantitative estimate of drug-likeness (QED) is 0.367. The van der Waals surface area contributed by atoms with Gasteiger partial charge in [-0.15, -0.1) is 0 Å². The predicted octanol–water partition coefficient (Wildman–Crippen LogP) is 6.57. The average molecular weight is 378 g/mol. The van der Waals surface area contributed by atoms with E-state index in [1.54, 1.807) is 7.11 Å². The van der Waals surface area contributed by atoms with Gasteiger partial charge in [0.2, 0.25) is 0 Å². The molecule has 0 aliphatic carbocycles. The van der Waals surface area contributed by atoms with Crippen LogP contribution in [0.4, 0.5) is 0 Å². The van der Waals surface area contributed by atoms with Crippen LogP contribution >= 0.6 is 0 Å².